The zero-order valence-corrected chi connectivity index (χ0v) is 9.43. The van der Waals surface area contributed by atoms with Gasteiger partial charge in [0.05, 0.1) is 23.9 Å². The molecule has 0 amide bonds. The summed E-state index contributed by atoms with van der Waals surface area (Å²) < 4.78 is 14.9. The summed E-state index contributed by atoms with van der Waals surface area (Å²) in [6, 6.07) is 9.05. The number of pyridine rings is 1. The first-order valence-electron chi connectivity index (χ1n) is 5.25. The first-order valence-corrected chi connectivity index (χ1v) is 5.25. The lowest BCUT2D eigenvalue weighted by Gasteiger charge is -2.07. The Morgan fingerprint density at radius 1 is 1.39 bits per heavy atom. The van der Waals surface area contributed by atoms with Crippen molar-refractivity contribution in [2.75, 3.05) is 5.73 Å². The molecule has 1 aromatic carbocycles. The van der Waals surface area contributed by atoms with Crippen molar-refractivity contribution in [1.29, 1.82) is 5.26 Å². The van der Waals surface area contributed by atoms with E-state index in [1.54, 1.807) is 6.07 Å². The number of nitrogens with two attached hydrogens (primary N) is 1. The molecule has 2 rings (SSSR count). The molecule has 1 heterocycles. The van der Waals surface area contributed by atoms with E-state index in [-0.39, 0.29) is 23.4 Å². The smallest absolute Gasteiger partial charge is 0.273 e. The highest BCUT2D eigenvalue weighted by Gasteiger charge is 2.06. The predicted molar refractivity (Wildman–Crippen MR) is 65.3 cm³/mol. The summed E-state index contributed by atoms with van der Waals surface area (Å²) in [5.74, 6) is -0.455. The van der Waals surface area contributed by atoms with Gasteiger partial charge in [0.1, 0.15) is 5.82 Å². The second-order valence-electron chi connectivity index (χ2n) is 3.81. The molecule has 0 saturated carbocycles. The zero-order valence-electron chi connectivity index (χ0n) is 9.43. The Labute approximate surface area is 103 Å². The van der Waals surface area contributed by atoms with E-state index in [1.807, 2.05) is 6.07 Å². The van der Waals surface area contributed by atoms with Crippen LogP contribution in [0.4, 0.5) is 10.1 Å². The van der Waals surface area contributed by atoms with E-state index in [2.05, 4.69) is 0 Å². The Morgan fingerprint density at radius 3 is 2.89 bits per heavy atom. The van der Waals surface area contributed by atoms with Crippen molar-refractivity contribution >= 4 is 5.69 Å². The van der Waals surface area contributed by atoms with Crippen LogP contribution in [0.1, 0.15) is 11.1 Å². The van der Waals surface area contributed by atoms with E-state index in [0.717, 1.165) is 0 Å². The van der Waals surface area contributed by atoms with Gasteiger partial charge in [-0.05, 0) is 30.3 Å². The quantitative estimate of drug-likeness (QED) is 0.868. The molecule has 2 aromatic rings. The Balaban J connectivity index is 2.43. The van der Waals surface area contributed by atoms with Gasteiger partial charge >= 0.3 is 0 Å². The molecule has 0 aliphatic heterocycles. The van der Waals surface area contributed by atoms with Crippen LogP contribution < -0.4 is 11.3 Å². The van der Waals surface area contributed by atoms with Gasteiger partial charge in [-0.1, -0.05) is 0 Å². The highest BCUT2D eigenvalue weighted by molar-refractivity contribution is 5.36. The average Bonchev–Trinajstić information content (AvgIpc) is 2.37. The van der Waals surface area contributed by atoms with Gasteiger partial charge in [-0.25, -0.2) is 4.39 Å². The normalized spacial score (nSPS) is 10.0. The number of hydrogen-bond donors (Lipinski definition) is 1. The summed E-state index contributed by atoms with van der Waals surface area (Å²) in [6.07, 6.45) is 1.52. The topological polar surface area (TPSA) is 71.8 Å². The molecule has 0 radical (unpaired) electrons. The molecule has 0 spiro atoms. The summed E-state index contributed by atoms with van der Waals surface area (Å²) in [5.41, 5.74) is 5.85. The third kappa shape index (κ3) is 2.23. The van der Waals surface area contributed by atoms with Crippen LogP contribution in [0.15, 0.2) is 41.3 Å². The number of rotatable bonds is 2. The summed E-state index contributed by atoms with van der Waals surface area (Å²) in [6.45, 7) is 0.0469. The van der Waals surface area contributed by atoms with Gasteiger partial charge < -0.3 is 10.3 Å². The molecule has 2 N–H and O–H groups in total. The second kappa shape index (κ2) is 4.72. The molecule has 0 bridgehead atoms. The van der Waals surface area contributed by atoms with E-state index in [0.29, 0.717) is 5.56 Å². The minimum Gasteiger partial charge on any atom is -0.394 e. The molecule has 0 atom stereocenters. The average molecular weight is 243 g/mol. The van der Waals surface area contributed by atoms with Gasteiger partial charge in [-0.2, -0.15) is 5.26 Å². The molecule has 0 aliphatic carbocycles. The highest BCUT2D eigenvalue weighted by atomic mass is 19.1. The van der Waals surface area contributed by atoms with Crippen molar-refractivity contribution in [2.45, 2.75) is 6.54 Å². The summed E-state index contributed by atoms with van der Waals surface area (Å²) in [5, 5.41) is 8.76. The predicted octanol–water partition coefficient (Wildman–Crippen LogP) is 1.49. The van der Waals surface area contributed by atoms with Crippen LogP contribution in [0, 0.1) is 17.1 Å². The van der Waals surface area contributed by atoms with E-state index >= 15 is 0 Å². The Hall–Kier alpha value is -2.61. The van der Waals surface area contributed by atoms with Gasteiger partial charge in [0.2, 0.25) is 0 Å². The minimum atomic E-state index is -0.455. The lowest BCUT2D eigenvalue weighted by molar-refractivity contribution is 0.596. The fraction of sp³-hybridized carbons (Fsp3) is 0.0769. The molecule has 0 saturated heterocycles. The maximum Gasteiger partial charge on any atom is 0.273 e. The van der Waals surface area contributed by atoms with Gasteiger partial charge in [0.15, 0.2) is 0 Å². The highest BCUT2D eigenvalue weighted by Crippen LogP contribution is 2.11. The maximum absolute atomic E-state index is 13.6. The standard InChI is InChI=1S/C13H10FN3O/c14-11-4-3-9(7-15)6-10(11)8-17-5-1-2-12(16)13(17)18/h1-6H,8,16H2. The third-order valence-electron chi connectivity index (χ3n) is 2.57. The number of nitriles is 1. The molecule has 1 aromatic heterocycles. The third-order valence-corrected chi connectivity index (χ3v) is 2.57. The number of nitrogen functional groups attached to an aromatic ring is 1. The molecule has 90 valence electrons. The molecule has 0 aliphatic rings. The zero-order chi connectivity index (χ0) is 13.1. The fourth-order valence-electron chi connectivity index (χ4n) is 1.63. The van der Waals surface area contributed by atoms with Crippen LogP contribution in [0.5, 0.6) is 0 Å². The first kappa shape index (κ1) is 11.9. The Morgan fingerprint density at radius 2 is 2.17 bits per heavy atom. The van der Waals surface area contributed by atoms with Crippen molar-refractivity contribution in [2.24, 2.45) is 0 Å². The van der Waals surface area contributed by atoms with Gasteiger partial charge in [-0.15, -0.1) is 0 Å². The van der Waals surface area contributed by atoms with Crippen LogP contribution >= 0.6 is 0 Å². The maximum atomic E-state index is 13.6. The van der Waals surface area contributed by atoms with E-state index in [4.69, 9.17) is 11.0 Å². The number of anilines is 1. The lowest BCUT2D eigenvalue weighted by atomic mass is 10.1. The van der Waals surface area contributed by atoms with Crippen molar-refractivity contribution in [1.82, 2.24) is 4.57 Å². The van der Waals surface area contributed by atoms with Crippen molar-refractivity contribution in [3.05, 3.63) is 63.8 Å². The monoisotopic (exact) mass is 243 g/mol. The molecule has 0 fully saturated rings. The lowest BCUT2D eigenvalue weighted by Crippen LogP contribution is -2.22. The van der Waals surface area contributed by atoms with E-state index in [1.165, 1.54) is 35.0 Å². The van der Waals surface area contributed by atoms with E-state index in [9.17, 15) is 9.18 Å². The molecule has 0 unspecified atom stereocenters. The van der Waals surface area contributed by atoms with Crippen LogP contribution in [0.2, 0.25) is 0 Å². The molecular formula is C13H10FN3O. The Bertz CT molecular complexity index is 685. The fourth-order valence-corrected chi connectivity index (χ4v) is 1.63. The van der Waals surface area contributed by atoms with Gasteiger partial charge in [0, 0.05) is 11.8 Å². The van der Waals surface area contributed by atoms with Crippen LogP contribution in [0.25, 0.3) is 0 Å². The minimum absolute atomic E-state index is 0.0469. The van der Waals surface area contributed by atoms with Crippen LogP contribution in [-0.2, 0) is 6.54 Å². The number of aromatic nitrogens is 1. The van der Waals surface area contributed by atoms with Crippen LogP contribution in [0.3, 0.4) is 0 Å². The Kier molecular flexibility index (Phi) is 3.11. The molecule has 18 heavy (non-hydrogen) atoms. The SMILES string of the molecule is N#Cc1ccc(F)c(Cn2cccc(N)c2=O)c1. The molecule has 4 nitrogen and oxygen atoms in total. The number of benzene rings is 1. The molecule has 5 heteroatoms. The van der Waals surface area contributed by atoms with Gasteiger partial charge in [0.25, 0.3) is 5.56 Å². The second-order valence-corrected chi connectivity index (χ2v) is 3.81. The summed E-state index contributed by atoms with van der Waals surface area (Å²) in [4.78, 5) is 11.7. The number of hydrogen-bond acceptors (Lipinski definition) is 3. The van der Waals surface area contributed by atoms with Gasteiger partial charge in [-0.3, -0.25) is 4.79 Å². The first-order chi connectivity index (χ1) is 8.61. The largest absolute Gasteiger partial charge is 0.394 e. The summed E-state index contributed by atoms with van der Waals surface area (Å²) >= 11 is 0. The van der Waals surface area contributed by atoms with Crippen molar-refractivity contribution < 1.29 is 4.39 Å². The summed E-state index contributed by atoms with van der Waals surface area (Å²) in [7, 11) is 0. The van der Waals surface area contributed by atoms with Crippen molar-refractivity contribution in [3.63, 3.8) is 0 Å². The number of halogens is 1. The van der Waals surface area contributed by atoms with Crippen LogP contribution in [-0.4, -0.2) is 4.57 Å². The van der Waals surface area contributed by atoms with E-state index < -0.39 is 5.82 Å². The molecular weight excluding hydrogens is 233 g/mol. The van der Waals surface area contributed by atoms with Crippen molar-refractivity contribution in [3.8, 4) is 6.07 Å². The number of nitrogens with zero attached hydrogens (tertiary/aromatic N) is 2.